The molecule has 1 aliphatic rings. The molecule has 174 valence electrons. The monoisotopic (exact) mass is 449 g/mol. The van der Waals surface area contributed by atoms with Gasteiger partial charge in [0.05, 0.1) is 17.5 Å². The van der Waals surface area contributed by atoms with Crippen molar-refractivity contribution in [1.82, 2.24) is 19.5 Å². The van der Waals surface area contributed by atoms with Gasteiger partial charge in [0.2, 0.25) is 5.91 Å². The average Bonchev–Trinajstić information content (AvgIpc) is 2.83. The number of nitrogens with one attached hydrogen (secondary N) is 1. The van der Waals surface area contributed by atoms with Crippen molar-refractivity contribution in [3.05, 3.63) is 70.2 Å². The maximum absolute atomic E-state index is 11.5. The minimum absolute atomic E-state index is 0.0869. The fraction of sp³-hybridized carbons (Fsp3) is 0.400. The molecule has 0 saturated carbocycles. The summed E-state index contributed by atoms with van der Waals surface area (Å²) in [5, 5.41) is 2.91. The van der Waals surface area contributed by atoms with Gasteiger partial charge in [-0.3, -0.25) is 9.59 Å². The summed E-state index contributed by atoms with van der Waals surface area (Å²) < 4.78 is 7.34. The molecular formula is C25H31N5O3. The Kier molecular flexibility index (Phi) is 8.43. The Balaban J connectivity index is 0.000000189. The quantitative estimate of drug-likeness (QED) is 0.611. The molecule has 8 heteroatoms. The maximum atomic E-state index is 11.5. The van der Waals surface area contributed by atoms with Crippen LogP contribution in [0.1, 0.15) is 56.2 Å². The molecule has 1 aromatic carbocycles. The number of carbonyl (C=O) groups is 1. The molecule has 1 N–H and O–H groups in total. The van der Waals surface area contributed by atoms with Gasteiger partial charge in [-0.15, -0.1) is 0 Å². The van der Waals surface area contributed by atoms with Crippen LogP contribution in [0.25, 0.3) is 11.4 Å². The fourth-order valence-electron chi connectivity index (χ4n) is 3.54. The van der Waals surface area contributed by atoms with Crippen molar-refractivity contribution >= 4 is 11.6 Å². The lowest BCUT2D eigenvalue weighted by atomic mass is 9.97. The Morgan fingerprint density at radius 1 is 1.12 bits per heavy atom. The van der Waals surface area contributed by atoms with Crippen LogP contribution in [0.5, 0.6) is 0 Å². The van der Waals surface area contributed by atoms with E-state index in [2.05, 4.69) is 46.2 Å². The Bertz CT molecular complexity index is 1140. The summed E-state index contributed by atoms with van der Waals surface area (Å²) in [6.07, 6.45) is 6.67. The number of rotatable bonds is 6. The molecule has 0 radical (unpaired) electrons. The largest absolute Gasteiger partial charge is 0.374 e. The molecule has 1 aliphatic heterocycles. The number of hydrogen-bond donors (Lipinski definition) is 1. The molecule has 0 spiro atoms. The highest BCUT2D eigenvalue weighted by molar-refractivity contribution is 5.93. The summed E-state index contributed by atoms with van der Waals surface area (Å²) >= 11 is 0. The number of benzene rings is 1. The van der Waals surface area contributed by atoms with Crippen LogP contribution in [0.4, 0.5) is 5.69 Å². The highest BCUT2D eigenvalue weighted by Crippen LogP contribution is 2.29. The Morgan fingerprint density at radius 2 is 1.94 bits per heavy atom. The molecule has 33 heavy (non-hydrogen) atoms. The minimum atomic E-state index is -0.0869. The molecule has 4 rings (SSSR count). The van der Waals surface area contributed by atoms with Gasteiger partial charge in [-0.25, -0.2) is 15.0 Å². The van der Waals surface area contributed by atoms with Crippen LogP contribution in [-0.4, -0.2) is 32.0 Å². The van der Waals surface area contributed by atoms with Crippen molar-refractivity contribution in [3.8, 4) is 11.4 Å². The van der Waals surface area contributed by atoms with Gasteiger partial charge in [-0.05, 0) is 49.4 Å². The topological polar surface area (TPSA) is 99.0 Å². The third kappa shape index (κ3) is 6.32. The van der Waals surface area contributed by atoms with Crippen molar-refractivity contribution in [2.75, 3.05) is 11.9 Å². The van der Waals surface area contributed by atoms with E-state index in [-0.39, 0.29) is 17.6 Å². The first-order chi connectivity index (χ1) is 15.9. The number of aryl methyl sites for hydroxylation is 2. The van der Waals surface area contributed by atoms with E-state index in [1.807, 2.05) is 6.07 Å². The predicted octanol–water partition coefficient (Wildman–Crippen LogP) is 3.99. The summed E-state index contributed by atoms with van der Waals surface area (Å²) in [5.41, 5.74) is 4.56. The SMILES string of the molecule is CCCOC(CC)c1ccc2c(c1)CCC(=O)N2.Cc1nc(-c2ccncn2)cc(=O)n1C. The van der Waals surface area contributed by atoms with Crippen LogP contribution in [0.2, 0.25) is 0 Å². The second-order valence-corrected chi connectivity index (χ2v) is 7.91. The second kappa shape index (κ2) is 11.5. The number of aromatic nitrogens is 4. The molecule has 8 nitrogen and oxygen atoms in total. The number of carbonyl (C=O) groups excluding carboxylic acids is 1. The standard InChI is InChI=1S/C15H21NO2.C10H10N4O/c1-3-9-18-14(4-2)12-5-7-13-11(10-12)6-8-15(17)16-13;1-7-13-9(5-10(15)14(7)2)8-3-4-11-6-12-8/h5,7,10,14H,3-4,6,8-9H2,1-2H3,(H,16,17);3-6H,1-2H3. The lowest BCUT2D eigenvalue weighted by Gasteiger charge is -2.21. The Labute approximate surface area is 194 Å². The summed E-state index contributed by atoms with van der Waals surface area (Å²) in [5.74, 6) is 0.778. The molecule has 0 saturated heterocycles. The first-order valence-electron chi connectivity index (χ1n) is 11.3. The minimum Gasteiger partial charge on any atom is -0.374 e. The third-order valence-electron chi connectivity index (χ3n) is 5.49. The molecule has 0 fully saturated rings. The molecule has 1 atom stereocenters. The fourth-order valence-corrected chi connectivity index (χ4v) is 3.54. The zero-order valence-electron chi connectivity index (χ0n) is 19.7. The van der Waals surface area contributed by atoms with Gasteiger partial charge in [0.1, 0.15) is 12.2 Å². The molecule has 3 aromatic rings. The third-order valence-corrected chi connectivity index (χ3v) is 5.49. The molecule has 3 heterocycles. The normalized spacial score (nSPS) is 13.4. The van der Waals surface area contributed by atoms with Gasteiger partial charge >= 0.3 is 0 Å². The molecular weight excluding hydrogens is 418 g/mol. The van der Waals surface area contributed by atoms with E-state index >= 15 is 0 Å². The number of ether oxygens (including phenoxy) is 1. The lowest BCUT2D eigenvalue weighted by molar-refractivity contribution is -0.116. The van der Waals surface area contributed by atoms with E-state index in [0.717, 1.165) is 31.6 Å². The number of amides is 1. The van der Waals surface area contributed by atoms with E-state index in [0.29, 0.717) is 23.6 Å². The number of hydrogen-bond acceptors (Lipinski definition) is 6. The van der Waals surface area contributed by atoms with Gasteiger partial charge in [0.25, 0.3) is 5.56 Å². The maximum Gasteiger partial charge on any atom is 0.253 e. The highest BCUT2D eigenvalue weighted by atomic mass is 16.5. The first kappa shape index (κ1) is 24.3. The Hall–Kier alpha value is -3.39. The van der Waals surface area contributed by atoms with Crippen molar-refractivity contribution in [2.45, 2.75) is 52.6 Å². The summed E-state index contributed by atoms with van der Waals surface area (Å²) in [6.45, 7) is 6.84. The van der Waals surface area contributed by atoms with Crippen LogP contribution in [0.15, 0.2) is 47.7 Å². The predicted molar refractivity (Wildman–Crippen MR) is 128 cm³/mol. The number of anilines is 1. The molecule has 2 aromatic heterocycles. The van der Waals surface area contributed by atoms with Crippen LogP contribution < -0.4 is 10.9 Å². The number of fused-ring (bicyclic) bond motifs is 1. The van der Waals surface area contributed by atoms with Gasteiger partial charge in [-0.2, -0.15) is 0 Å². The van der Waals surface area contributed by atoms with Crippen molar-refractivity contribution < 1.29 is 9.53 Å². The first-order valence-corrected chi connectivity index (χ1v) is 11.3. The van der Waals surface area contributed by atoms with Gasteiger partial charge < -0.3 is 14.6 Å². The zero-order valence-corrected chi connectivity index (χ0v) is 19.7. The Morgan fingerprint density at radius 3 is 2.61 bits per heavy atom. The molecule has 0 bridgehead atoms. The second-order valence-electron chi connectivity index (χ2n) is 7.91. The van der Waals surface area contributed by atoms with Crippen LogP contribution >= 0.6 is 0 Å². The van der Waals surface area contributed by atoms with E-state index in [1.165, 1.54) is 28.1 Å². The number of nitrogens with zero attached hydrogens (tertiary/aromatic N) is 4. The van der Waals surface area contributed by atoms with Gasteiger partial charge in [-0.1, -0.05) is 26.0 Å². The van der Waals surface area contributed by atoms with Crippen molar-refractivity contribution in [1.29, 1.82) is 0 Å². The zero-order chi connectivity index (χ0) is 23.8. The smallest absolute Gasteiger partial charge is 0.253 e. The summed E-state index contributed by atoms with van der Waals surface area (Å²) in [7, 11) is 1.69. The van der Waals surface area contributed by atoms with Crippen LogP contribution in [-0.2, 0) is 23.0 Å². The van der Waals surface area contributed by atoms with E-state index in [4.69, 9.17) is 4.74 Å². The van der Waals surface area contributed by atoms with E-state index in [9.17, 15) is 9.59 Å². The molecule has 1 unspecified atom stereocenters. The van der Waals surface area contributed by atoms with Crippen molar-refractivity contribution in [3.63, 3.8) is 0 Å². The molecule has 1 amide bonds. The van der Waals surface area contributed by atoms with Crippen LogP contribution in [0, 0.1) is 6.92 Å². The highest BCUT2D eigenvalue weighted by Gasteiger charge is 2.17. The lowest BCUT2D eigenvalue weighted by Crippen LogP contribution is -2.19. The van der Waals surface area contributed by atoms with Crippen LogP contribution in [0.3, 0.4) is 0 Å². The summed E-state index contributed by atoms with van der Waals surface area (Å²) in [6, 6.07) is 9.43. The van der Waals surface area contributed by atoms with Crippen molar-refractivity contribution in [2.24, 2.45) is 7.05 Å². The van der Waals surface area contributed by atoms with Gasteiger partial charge in [0, 0.05) is 38.0 Å². The summed E-state index contributed by atoms with van der Waals surface area (Å²) in [4.78, 5) is 34.9. The molecule has 0 aliphatic carbocycles. The van der Waals surface area contributed by atoms with Gasteiger partial charge in [0.15, 0.2) is 0 Å². The average molecular weight is 450 g/mol. The van der Waals surface area contributed by atoms with E-state index < -0.39 is 0 Å². The van der Waals surface area contributed by atoms with E-state index in [1.54, 1.807) is 26.2 Å².